The highest BCUT2D eigenvalue weighted by atomic mass is 28.4. The molecule has 1 rings (SSSR count). The van der Waals surface area contributed by atoms with Crippen LogP contribution in [0.15, 0.2) is 42.7 Å². The summed E-state index contributed by atoms with van der Waals surface area (Å²) in [5, 5.41) is 0.137. The molecular weight excluding hydrogens is 255 g/mol. The fraction of sp³-hybridized carbons (Fsp3) is 0.375. The lowest BCUT2D eigenvalue weighted by Crippen LogP contribution is -2.40. The van der Waals surface area contributed by atoms with Gasteiger partial charge in [0.05, 0.1) is 0 Å². The lowest BCUT2D eigenvalue weighted by Gasteiger charge is -2.36. The Labute approximate surface area is 116 Å². The van der Waals surface area contributed by atoms with Crippen molar-refractivity contribution < 1.29 is 8.82 Å². The summed E-state index contributed by atoms with van der Waals surface area (Å²) in [4.78, 5) is 0. The van der Waals surface area contributed by atoms with Gasteiger partial charge in [-0.25, -0.2) is 4.39 Å². The highest BCUT2D eigenvalue weighted by molar-refractivity contribution is 6.74. The summed E-state index contributed by atoms with van der Waals surface area (Å²) in [5.41, 5.74) is 0.912. The van der Waals surface area contributed by atoms with Crippen LogP contribution in [0.4, 0.5) is 4.39 Å². The molecule has 1 aromatic rings. The first kappa shape index (κ1) is 15.7. The number of benzene rings is 1. The topological polar surface area (TPSA) is 9.23 Å². The van der Waals surface area contributed by atoms with Gasteiger partial charge in [-0.15, -0.1) is 0 Å². The highest BCUT2D eigenvalue weighted by Crippen LogP contribution is 2.38. The Kier molecular flexibility index (Phi) is 4.74. The molecule has 0 bridgehead atoms. The van der Waals surface area contributed by atoms with E-state index in [0.29, 0.717) is 0 Å². The Morgan fingerprint density at radius 3 is 2.16 bits per heavy atom. The van der Waals surface area contributed by atoms with E-state index in [0.717, 1.165) is 11.3 Å². The average Bonchev–Trinajstić information content (AvgIpc) is 2.29. The van der Waals surface area contributed by atoms with Gasteiger partial charge in [0.2, 0.25) is 8.32 Å². The minimum absolute atomic E-state index is 0.137. The van der Waals surface area contributed by atoms with Gasteiger partial charge in [0.25, 0.3) is 0 Å². The van der Waals surface area contributed by atoms with Crippen molar-refractivity contribution in [2.75, 3.05) is 0 Å². The van der Waals surface area contributed by atoms with Gasteiger partial charge >= 0.3 is 0 Å². The highest BCUT2D eigenvalue weighted by Gasteiger charge is 2.39. The first-order valence-electron chi connectivity index (χ1n) is 6.44. The van der Waals surface area contributed by atoms with Gasteiger partial charge in [-0.2, -0.15) is 0 Å². The third-order valence-corrected chi connectivity index (χ3v) is 7.92. The molecule has 3 heteroatoms. The van der Waals surface area contributed by atoms with Crippen LogP contribution in [0.5, 0.6) is 0 Å². The molecule has 0 aromatic heterocycles. The van der Waals surface area contributed by atoms with E-state index in [9.17, 15) is 4.39 Å². The molecule has 19 heavy (non-hydrogen) atoms. The summed E-state index contributed by atoms with van der Waals surface area (Å²) in [6.45, 7) is 14.8. The SMILES string of the molecule is C=C/C(=C/c1ccc(F)cc1)O[Si](C)(C)C(C)(C)C. The van der Waals surface area contributed by atoms with Gasteiger partial charge in [-0.05, 0) is 48.0 Å². The third-order valence-electron chi connectivity index (χ3n) is 3.56. The van der Waals surface area contributed by atoms with Crippen LogP contribution in [0.2, 0.25) is 18.1 Å². The first-order chi connectivity index (χ1) is 8.65. The lowest BCUT2D eigenvalue weighted by atomic mass is 10.2. The Bertz CT molecular complexity index is 467. The first-order valence-corrected chi connectivity index (χ1v) is 9.35. The van der Waals surface area contributed by atoms with Gasteiger partial charge in [-0.1, -0.05) is 39.5 Å². The normalized spacial score (nSPS) is 13.3. The van der Waals surface area contributed by atoms with Crippen molar-refractivity contribution >= 4 is 14.4 Å². The zero-order valence-electron chi connectivity index (χ0n) is 12.5. The number of hydrogen-bond acceptors (Lipinski definition) is 1. The third kappa shape index (κ3) is 4.35. The maximum absolute atomic E-state index is 12.9. The Morgan fingerprint density at radius 1 is 1.21 bits per heavy atom. The molecule has 0 N–H and O–H groups in total. The van der Waals surface area contributed by atoms with Crippen molar-refractivity contribution in [2.24, 2.45) is 0 Å². The minimum atomic E-state index is -1.87. The molecule has 0 radical (unpaired) electrons. The van der Waals surface area contributed by atoms with Crippen molar-refractivity contribution in [1.82, 2.24) is 0 Å². The molecule has 0 atom stereocenters. The molecule has 0 unspecified atom stereocenters. The van der Waals surface area contributed by atoms with E-state index in [1.165, 1.54) is 12.1 Å². The molecule has 104 valence electrons. The van der Waals surface area contributed by atoms with E-state index < -0.39 is 8.32 Å². The molecule has 0 saturated carbocycles. The minimum Gasteiger partial charge on any atom is -0.544 e. The summed E-state index contributed by atoms with van der Waals surface area (Å²) in [6.07, 6.45) is 3.61. The zero-order chi connectivity index (χ0) is 14.7. The fourth-order valence-corrected chi connectivity index (χ4v) is 2.34. The molecule has 0 fully saturated rings. The van der Waals surface area contributed by atoms with Gasteiger partial charge in [0.1, 0.15) is 11.6 Å². The number of allylic oxidation sites excluding steroid dienone is 1. The molecule has 0 saturated heterocycles. The second-order valence-corrected chi connectivity index (χ2v) is 10.9. The monoisotopic (exact) mass is 278 g/mol. The van der Waals surface area contributed by atoms with Gasteiger partial charge in [0.15, 0.2) is 0 Å². The van der Waals surface area contributed by atoms with Crippen LogP contribution in [0.1, 0.15) is 26.3 Å². The molecule has 0 amide bonds. The van der Waals surface area contributed by atoms with Crippen LogP contribution in [0.3, 0.4) is 0 Å². The van der Waals surface area contributed by atoms with Crippen LogP contribution < -0.4 is 0 Å². The summed E-state index contributed by atoms with van der Waals surface area (Å²) < 4.78 is 19.0. The number of rotatable bonds is 4. The smallest absolute Gasteiger partial charge is 0.250 e. The largest absolute Gasteiger partial charge is 0.544 e. The molecule has 1 nitrogen and oxygen atoms in total. The summed E-state index contributed by atoms with van der Waals surface area (Å²) in [5.74, 6) is 0.515. The second kappa shape index (κ2) is 5.74. The van der Waals surface area contributed by atoms with E-state index >= 15 is 0 Å². The van der Waals surface area contributed by atoms with Crippen molar-refractivity contribution in [3.05, 3.63) is 54.1 Å². The van der Waals surface area contributed by atoms with Crippen molar-refractivity contribution in [3.63, 3.8) is 0 Å². The van der Waals surface area contributed by atoms with Crippen LogP contribution in [-0.2, 0) is 4.43 Å². The predicted molar refractivity (Wildman–Crippen MR) is 82.9 cm³/mol. The molecule has 0 spiro atoms. The van der Waals surface area contributed by atoms with Crippen LogP contribution in [0, 0.1) is 5.82 Å². The van der Waals surface area contributed by atoms with Crippen molar-refractivity contribution in [2.45, 2.75) is 38.9 Å². The molecular formula is C16H23FOSi. The van der Waals surface area contributed by atoms with E-state index in [-0.39, 0.29) is 10.9 Å². The van der Waals surface area contributed by atoms with Gasteiger partial charge < -0.3 is 4.43 Å². The number of hydrogen-bond donors (Lipinski definition) is 0. The number of halogens is 1. The summed E-state index contributed by atoms with van der Waals surface area (Å²) >= 11 is 0. The second-order valence-electron chi connectivity index (χ2n) is 6.16. The quantitative estimate of drug-likeness (QED) is 0.408. The fourth-order valence-electron chi connectivity index (χ4n) is 1.30. The Morgan fingerprint density at radius 2 is 1.74 bits per heavy atom. The average molecular weight is 278 g/mol. The molecule has 0 aliphatic heterocycles. The lowest BCUT2D eigenvalue weighted by molar-refractivity contribution is 0.404. The predicted octanol–water partition coefficient (Wildman–Crippen LogP) is 5.37. The maximum atomic E-state index is 12.9. The van der Waals surface area contributed by atoms with Crippen molar-refractivity contribution in [3.8, 4) is 0 Å². The van der Waals surface area contributed by atoms with Gasteiger partial charge in [0, 0.05) is 0 Å². The molecule has 1 aromatic carbocycles. The van der Waals surface area contributed by atoms with Crippen LogP contribution in [0.25, 0.3) is 6.08 Å². The van der Waals surface area contributed by atoms with E-state index in [1.807, 2.05) is 6.08 Å². The Hall–Kier alpha value is -1.35. The van der Waals surface area contributed by atoms with Gasteiger partial charge in [-0.3, -0.25) is 0 Å². The molecule has 0 heterocycles. The van der Waals surface area contributed by atoms with E-state index in [1.54, 1.807) is 18.2 Å². The molecule has 0 aliphatic carbocycles. The van der Waals surface area contributed by atoms with Crippen molar-refractivity contribution in [1.29, 1.82) is 0 Å². The standard InChI is InChI=1S/C16H23FOSi/c1-7-15(18-19(5,6)16(2,3)4)12-13-8-10-14(17)11-9-13/h7-12H,1H2,2-6H3/b15-12-. The zero-order valence-corrected chi connectivity index (χ0v) is 13.5. The van der Waals surface area contributed by atoms with E-state index in [2.05, 4.69) is 40.4 Å². The summed E-state index contributed by atoms with van der Waals surface area (Å²) in [7, 11) is -1.87. The summed E-state index contributed by atoms with van der Waals surface area (Å²) in [6, 6.07) is 6.35. The molecule has 0 aliphatic rings. The van der Waals surface area contributed by atoms with Crippen LogP contribution >= 0.6 is 0 Å². The maximum Gasteiger partial charge on any atom is 0.250 e. The Balaban J connectivity index is 2.96. The van der Waals surface area contributed by atoms with E-state index in [4.69, 9.17) is 4.43 Å². The van der Waals surface area contributed by atoms with Crippen LogP contribution in [-0.4, -0.2) is 8.32 Å².